The molecule has 2 rings (SSSR count). The van der Waals surface area contributed by atoms with Gasteiger partial charge in [0.25, 0.3) is 0 Å². The second kappa shape index (κ2) is 8.13. The number of hydrogen-bond donors (Lipinski definition) is 0. The molecule has 130 valence electrons. The maximum Gasteiger partial charge on any atom is 0.246 e. The van der Waals surface area contributed by atoms with Crippen LogP contribution in [0.4, 0.5) is 0 Å². The van der Waals surface area contributed by atoms with Crippen LogP contribution >= 0.6 is 0 Å². The highest BCUT2D eigenvalue weighted by Crippen LogP contribution is 2.31. The number of hydrogen-bond acceptors (Lipinski definition) is 2. The second-order valence-corrected chi connectivity index (χ2v) is 6.50. The number of aryl methyl sites for hydroxylation is 1. The minimum atomic E-state index is -0.184. The molecule has 0 bridgehead atoms. The lowest BCUT2D eigenvalue weighted by Crippen LogP contribution is -2.45. The zero-order chi connectivity index (χ0) is 17.7. The van der Waals surface area contributed by atoms with Crippen LogP contribution < -0.4 is 0 Å². The Morgan fingerprint density at radius 3 is 2.54 bits per heavy atom. The van der Waals surface area contributed by atoms with Crippen molar-refractivity contribution in [3.8, 4) is 0 Å². The standard InChI is InChI=1S/C20H28N2O2/c1-5-19(23)21(6-2)14-20(24)22-12-10-17(11-13-22)18-9-7-8-15(3)16(18)4/h5,7-9,17H,1,6,10-14H2,2-4H3. The van der Waals surface area contributed by atoms with E-state index in [9.17, 15) is 9.59 Å². The van der Waals surface area contributed by atoms with Gasteiger partial charge in [-0.05, 0) is 62.3 Å². The molecule has 0 spiro atoms. The Morgan fingerprint density at radius 1 is 1.29 bits per heavy atom. The summed E-state index contributed by atoms with van der Waals surface area (Å²) >= 11 is 0. The van der Waals surface area contributed by atoms with Crippen molar-refractivity contribution >= 4 is 11.8 Å². The summed E-state index contributed by atoms with van der Waals surface area (Å²) in [6, 6.07) is 6.48. The molecule has 0 atom stereocenters. The molecule has 0 saturated carbocycles. The Kier molecular flexibility index (Phi) is 6.18. The number of carbonyl (C=O) groups excluding carboxylic acids is 2. The Hall–Kier alpha value is -2.10. The van der Waals surface area contributed by atoms with Crippen LogP contribution in [-0.2, 0) is 9.59 Å². The third kappa shape index (κ3) is 4.05. The molecule has 1 aliphatic heterocycles. The molecular formula is C20H28N2O2. The number of carbonyl (C=O) groups is 2. The third-order valence-corrected chi connectivity index (χ3v) is 5.13. The fourth-order valence-corrected chi connectivity index (χ4v) is 3.39. The van der Waals surface area contributed by atoms with E-state index in [1.807, 2.05) is 11.8 Å². The number of benzene rings is 1. The van der Waals surface area contributed by atoms with Crippen LogP contribution in [0.2, 0.25) is 0 Å². The van der Waals surface area contributed by atoms with Gasteiger partial charge in [-0.2, -0.15) is 0 Å². The second-order valence-electron chi connectivity index (χ2n) is 6.50. The van der Waals surface area contributed by atoms with Crippen LogP contribution in [0.3, 0.4) is 0 Å². The van der Waals surface area contributed by atoms with Crippen LogP contribution in [0, 0.1) is 13.8 Å². The van der Waals surface area contributed by atoms with Crippen molar-refractivity contribution in [1.82, 2.24) is 9.80 Å². The number of rotatable bonds is 5. The van der Waals surface area contributed by atoms with E-state index in [2.05, 4.69) is 38.6 Å². The summed E-state index contributed by atoms with van der Waals surface area (Å²) in [6.07, 6.45) is 3.23. The summed E-state index contributed by atoms with van der Waals surface area (Å²) in [7, 11) is 0. The van der Waals surface area contributed by atoms with E-state index in [1.165, 1.54) is 27.7 Å². The van der Waals surface area contributed by atoms with Crippen molar-refractivity contribution in [1.29, 1.82) is 0 Å². The first kappa shape index (κ1) is 18.2. The van der Waals surface area contributed by atoms with Crippen LogP contribution in [-0.4, -0.2) is 47.8 Å². The van der Waals surface area contributed by atoms with Gasteiger partial charge in [0, 0.05) is 19.6 Å². The largest absolute Gasteiger partial charge is 0.341 e. The zero-order valence-corrected chi connectivity index (χ0v) is 15.0. The molecule has 0 aromatic heterocycles. The fraction of sp³-hybridized carbons (Fsp3) is 0.500. The molecule has 1 heterocycles. The highest BCUT2D eigenvalue weighted by molar-refractivity contribution is 5.90. The zero-order valence-electron chi connectivity index (χ0n) is 15.0. The van der Waals surface area contributed by atoms with Crippen molar-refractivity contribution < 1.29 is 9.59 Å². The van der Waals surface area contributed by atoms with Crippen LogP contribution in [0.25, 0.3) is 0 Å². The van der Waals surface area contributed by atoms with Crippen molar-refractivity contribution in [3.05, 3.63) is 47.5 Å². The van der Waals surface area contributed by atoms with Crippen LogP contribution in [0.1, 0.15) is 42.4 Å². The van der Waals surface area contributed by atoms with E-state index in [-0.39, 0.29) is 18.4 Å². The van der Waals surface area contributed by atoms with Crippen molar-refractivity contribution in [2.45, 2.75) is 39.5 Å². The molecule has 0 unspecified atom stereocenters. The Morgan fingerprint density at radius 2 is 1.96 bits per heavy atom. The first-order valence-electron chi connectivity index (χ1n) is 8.73. The Balaban J connectivity index is 1.94. The van der Waals surface area contributed by atoms with Crippen LogP contribution in [0.15, 0.2) is 30.9 Å². The lowest BCUT2D eigenvalue weighted by molar-refractivity contribution is -0.138. The maximum absolute atomic E-state index is 12.4. The van der Waals surface area contributed by atoms with Crippen molar-refractivity contribution in [2.75, 3.05) is 26.2 Å². The van der Waals surface area contributed by atoms with E-state index >= 15 is 0 Å². The highest BCUT2D eigenvalue weighted by Gasteiger charge is 2.26. The summed E-state index contributed by atoms with van der Waals surface area (Å²) in [6.45, 7) is 11.9. The number of likely N-dealkylation sites (tertiary alicyclic amines) is 1. The molecule has 1 aromatic carbocycles. The van der Waals surface area contributed by atoms with E-state index in [0.29, 0.717) is 12.5 Å². The first-order valence-corrected chi connectivity index (χ1v) is 8.73. The van der Waals surface area contributed by atoms with Gasteiger partial charge in [-0.25, -0.2) is 0 Å². The molecular weight excluding hydrogens is 300 g/mol. The summed E-state index contributed by atoms with van der Waals surface area (Å²) in [5, 5.41) is 0. The topological polar surface area (TPSA) is 40.6 Å². The lowest BCUT2D eigenvalue weighted by atomic mass is 9.85. The number of likely N-dealkylation sites (N-methyl/N-ethyl adjacent to an activating group) is 1. The maximum atomic E-state index is 12.4. The summed E-state index contributed by atoms with van der Waals surface area (Å²) in [5.74, 6) is 0.369. The van der Waals surface area contributed by atoms with E-state index in [1.54, 1.807) is 0 Å². The van der Waals surface area contributed by atoms with Gasteiger partial charge in [-0.1, -0.05) is 24.8 Å². The molecule has 2 amide bonds. The third-order valence-electron chi connectivity index (χ3n) is 5.13. The molecule has 0 aliphatic carbocycles. The highest BCUT2D eigenvalue weighted by atomic mass is 16.2. The monoisotopic (exact) mass is 328 g/mol. The smallest absolute Gasteiger partial charge is 0.246 e. The van der Waals surface area contributed by atoms with Gasteiger partial charge >= 0.3 is 0 Å². The molecule has 0 radical (unpaired) electrons. The molecule has 1 aromatic rings. The molecule has 24 heavy (non-hydrogen) atoms. The Bertz CT molecular complexity index is 616. The van der Waals surface area contributed by atoms with Crippen molar-refractivity contribution in [2.24, 2.45) is 0 Å². The van der Waals surface area contributed by atoms with Gasteiger partial charge in [0.05, 0.1) is 6.54 Å². The average molecular weight is 328 g/mol. The average Bonchev–Trinajstić information content (AvgIpc) is 2.61. The normalized spacial score (nSPS) is 15.2. The summed E-state index contributed by atoms with van der Waals surface area (Å²) < 4.78 is 0. The van der Waals surface area contributed by atoms with Crippen LogP contribution in [0.5, 0.6) is 0 Å². The predicted octanol–water partition coefficient (Wildman–Crippen LogP) is 3.04. The number of piperidine rings is 1. The van der Waals surface area contributed by atoms with Gasteiger partial charge in [-0.15, -0.1) is 0 Å². The lowest BCUT2D eigenvalue weighted by Gasteiger charge is -2.34. The molecule has 4 heteroatoms. The number of amides is 2. The minimum Gasteiger partial charge on any atom is -0.341 e. The van der Waals surface area contributed by atoms with E-state index in [4.69, 9.17) is 0 Å². The summed E-state index contributed by atoms with van der Waals surface area (Å²) in [5.41, 5.74) is 4.11. The van der Waals surface area contributed by atoms with Gasteiger partial charge in [0.15, 0.2) is 0 Å². The summed E-state index contributed by atoms with van der Waals surface area (Å²) in [4.78, 5) is 27.6. The molecule has 1 fully saturated rings. The van der Waals surface area contributed by atoms with Gasteiger partial charge < -0.3 is 9.80 Å². The minimum absolute atomic E-state index is 0.0338. The SMILES string of the molecule is C=CC(=O)N(CC)CC(=O)N1CCC(c2cccc(C)c2C)CC1. The Labute approximate surface area is 145 Å². The van der Waals surface area contributed by atoms with Gasteiger partial charge in [-0.3, -0.25) is 9.59 Å². The molecule has 1 saturated heterocycles. The molecule has 4 nitrogen and oxygen atoms in total. The molecule has 1 aliphatic rings. The van der Waals surface area contributed by atoms with E-state index in [0.717, 1.165) is 25.9 Å². The quantitative estimate of drug-likeness (QED) is 0.780. The fourth-order valence-electron chi connectivity index (χ4n) is 3.39. The first-order chi connectivity index (χ1) is 11.5. The van der Waals surface area contributed by atoms with Crippen molar-refractivity contribution in [3.63, 3.8) is 0 Å². The molecule has 0 N–H and O–H groups in total. The van der Waals surface area contributed by atoms with Gasteiger partial charge in [0.2, 0.25) is 11.8 Å². The van der Waals surface area contributed by atoms with Gasteiger partial charge in [0.1, 0.15) is 0 Å². The van der Waals surface area contributed by atoms with E-state index < -0.39 is 0 Å². The predicted molar refractivity (Wildman–Crippen MR) is 96.9 cm³/mol. The number of nitrogens with zero attached hydrogens (tertiary/aromatic N) is 2.